The Bertz CT molecular complexity index is 841. The van der Waals surface area contributed by atoms with Crippen molar-refractivity contribution in [2.45, 2.75) is 6.92 Å². The van der Waals surface area contributed by atoms with E-state index in [-0.39, 0.29) is 11.4 Å². The van der Waals surface area contributed by atoms with Crippen LogP contribution in [-0.4, -0.2) is 30.9 Å². The Morgan fingerprint density at radius 3 is 2.68 bits per heavy atom. The van der Waals surface area contributed by atoms with E-state index in [9.17, 15) is 15.0 Å². The zero-order valence-corrected chi connectivity index (χ0v) is 11.8. The third-order valence-electron chi connectivity index (χ3n) is 3.24. The van der Waals surface area contributed by atoms with Crippen molar-refractivity contribution in [2.75, 3.05) is 0 Å². The van der Waals surface area contributed by atoms with Gasteiger partial charge in [-0.1, -0.05) is 6.07 Å². The minimum absolute atomic E-state index is 0.0247. The summed E-state index contributed by atoms with van der Waals surface area (Å²) in [5.74, 6) is -1.15. The molecular weight excluding hydrogens is 282 g/mol. The van der Waals surface area contributed by atoms with E-state index in [4.69, 9.17) is 0 Å². The van der Waals surface area contributed by atoms with Crippen molar-refractivity contribution >= 4 is 5.97 Å². The SMILES string of the molecule is Cc1ccc(-n2nc(-c3cccnc3)cc2C(=O)O)c(O)c1. The zero-order valence-electron chi connectivity index (χ0n) is 11.8. The second-order valence-corrected chi connectivity index (χ2v) is 4.87. The molecule has 0 unspecified atom stereocenters. The van der Waals surface area contributed by atoms with Crippen LogP contribution in [0.15, 0.2) is 48.8 Å². The number of pyridine rings is 1. The van der Waals surface area contributed by atoms with E-state index >= 15 is 0 Å². The smallest absolute Gasteiger partial charge is 0.354 e. The highest BCUT2D eigenvalue weighted by Gasteiger charge is 2.18. The Labute approximate surface area is 126 Å². The fraction of sp³-hybridized carbons (Fsp3) is 0.0625. The first-order chi connectivity index (χ1) is 10.6. The van der Waals surface area contributed by atoms with Gasteiger partial charge in [0.2, 0.25) is 0 Å². The van der Waals surface area contributed by atoms with Gasteiger partial charge >= 0.3 is 5.97 Å². The van der Waals surface area contributed by atoms with Crippen molar-refractivity contribution in [3.8, 4) is 22.7 Å². The maximum absolute atomic E-state index is 11.5. The summed E-state index contributed by atoms with van der Waals surface area (Å²) in [5, 5.41) is 23.7. The number of nitrogens with zero attached hydrogens (tertiary/aromatic N) is 3. The number of aromatic hydroxyl groups is 1. The highest BCUT2D eigenvalue weighted by Crippen LogP contribution is 2.26. The van der Waals surface area contributed by atoms with Crippen LogP contribution in [0.1, 0.15) is 16.1 Å². The van der Waals surface area contributed by atoms with Gasteiger partial charge in [-0.05, 0) is 42.8 Å². The second-order valence-electron chi connectivity index (χ2n) is 4.87. The number of aryl methyl sites for hydroxylation is 1. The molecular formula is C16H13N3O3. The first-order valence-electron chi connectivity index (χ1n) is 6.60. The van der Waals surface area contributed by atoms with Crippen molar-refractivity contribution in [3.63, 3.8) is 0 Å². The first-order valence-corrected chi connectivity index (χ1v) is 6.60. The van der Waals surface area contributed by atoms with E-state index in [0.29, 0.717) is 16.9 Å². The van der Waals surface area contributed by atoms with E-state index in [0.717, 1.165) is 5.56 Å². The fourth-order valence-corrected chi connectivity index (χ4v) is 2.18. The lowest BCUT2D eigenvalue weighted by Crippen LogP contribution is -2.08. The van der Waals surface area contributed by atoms with Crippen molar-refractivity contribution < 1.29 is 15.0 Å². The molecule has 1 aromatic carbocycles. The number of benzene rings is 1. The number of hydrogen-bond donors (Lipinski definition) is 2. The van der Waals surface area contributed by atoms with Crippen LogP contribution < -0.4 is 0 Å². The molecule has 0 saturated carbocycles. The largest absolute Gasteiger partial charge is 0.506 e. The quantitative estimate of drug-likeness (QED) is 0.775. The average Bonchev–Trinajstić information content (AvgIpc) is 2.93. The molecule has 6 nitrogen and oxygen atoms in total. The maximum atomic E-state index is 11.5. The zero-order chi connectivity index (χ0) is 15.7. The van der Waals surface area contributed by atoms with Crippen LogP contribution >= 0.6 is 0 Å². The van der Waals surface area contributed by atoms with E-state index in [1.165, 1.54) is 10.7 Å². The Morgan fingerprint density at radius 1 is 1.23 bits per heavy atom. The molecule has 110 valence electrons. The number of aromatic nitrogens is 3. The van der Waals surface area contributed by atoms with Crippen molar-refractivity contribution in [1.82, 2.24) is 14.8 Å². The summed E-state index contributed by atoms with van der Waals surface area (Å²) in [7, 11) is 0. The highest BCUT2D eigenvalue weighted by molar-refractivity contribution is 5.88. The van der Waals surface area contributed by atoms with Gasteiger partial charge < -0.3 is 10.2 Å². The van der Waals surface area contributed by atoms with Crippen molar-refractivity contribution in [2.24, 2.45) is 0 Å². The van der Waals surface area contributed by atoms with Crippen LogP contribution in [0.2, 0.25) is 0 Å². The molecule has 6 heteroatoms. The summed E-state index contributed by atoms with van der Waals surface area (Å²) in [4.78, 5) is 15.5. The summed E-state index contributed by atoms with van der Waals surface area (Å²) in [6.45, 7) is 1.84. The number of carbonyl (C=O) groups is 1. The van der Waals surface area contributed by atoms with Crippen LogP contribution in [-0.2, 0) is 0 Å². The fourth-order valence-electron chi connectivity index (χ4n) is 2.18. The summed E-state index contributed by atoms with van der Waals surface area (Å²) in [6, 6.07) is 9.98. The van der Waals surface area contributed by atoms with Gasteiger partial charge in [-0.15, -0.1) is 0 Å². The highest BCUT2D eigenvalue weighted by atomic mass is 16.4. The first kappa shape index (κ1) is 13.8. The lowest BCUT2D eigenvalue weighted by molar-refractivity contribution is 0.0687. The van der Waals surface area contributed by atoms with Crippen molar-refractivity contribution in [3.05, 3.63) is 60.0 Å². The van der Waals surface area contributed by atoms with Crippen LogP contribution in [0.3, 0.4) is 0 Å². The molecule has 2 heterocycles. The van der Waals surface area contributed by atoms with Crippen LogP contribution in [0.25, 0.3) is 16.9 Å². The molecule has 0 aliphatic rings. The lowest BCUT2D eigenvalue weighted by Gasteiger charge is -2.07. The minimum atomic E-state index is -1.12. The van der Waals surface area contributed by atoms with E-state index in [2.05, 4.69) is 10.1 Å². The predicted octanol–water partition coefficient (Wildman–Crippen LogP) is 2.65. The van der Waals surface area contributed by atoms with E-state index < -0.39 is 5.97 Å². The molecule has 0 saturated heterocycles. The number of phenols is 1. The molecule has 0 fully saturated rings. The molecule has 3 rings (SSSR count). The molecule has 0 radical (unpaired) electrons. The predicted molar refractivity (Wildman–Crippen MR) is 80.2 cm³/mol. The number of phenolic OH excluding ortho intramolecular Hbond substituents is 1. The summed E-state index contributed by atoms with van der Waals surface area (Å²) < 4.78 is 1.22. The van der Waals surface area contributed by atoms with E-state index in [1.807, 2.05) is 6.92 Å². The molecule has 0 atom stereocenters. The molecule has 0 bridgehead atoms. The van der Waals surface area contributed by atoms with Gasteiger partial charge in [0.05, 0.1) is 5.69 Å². The average molecular weight is 295 g/mol. The number of aromatic carboxylic acids is 1. The summed E-state index contributed by atoms with van der Waals surface area (Å²) in [5.41, 5.74) is 2.34. The molecule has 2 aromatic heterocycles. The molecule has 22 heavy (non-hydrogen) atoms. The Kier molecular flexibility index (Phi) is 3.34. The van der Waals surface area contributed by atoms with Gasteiger partial charge in [0.15, 0.2) is 5.69 Å². The minimum Gasteiger partial charge on any atom is -0.506 e. The summed E-state index contributed by atoms with van der Waals surface area (Å²) in [6.07, 6.45) is 3.23. The summed E-state index contributed by atoms with van der Waals surface area (Å²) >= 11 is 0. The molecule has 0 aliphatic carbocycles. The van der Waals surface area contributed by atoms with Gasteiger partial charge in [-0.2, -0.15) is 5.10 Å². The molecule has 0 amide bonds. The van der Waals surface area contributed by atoms with Crippen LogP contribution in [0.5, 0.6) is 5.75 Å². The number of carboxylic acids is 1. The Hall–Kier alpha value is -3.15. The Morgan fingerprint density at radius 2 is 2.05 bits per heavy atom. The number of carboxylic acid groups (broad SMARTS) is 1. The lowest BCUT2D eigenvalue weighted by atomic mass is 10.2. The van der Waals surface area contributed by atoms with E-state index in [1.54, 1.807) is 42.7 Å². The molecule has 3 aromatic rings. The maximum Gasteiger partial charge on any atom is 0.354 e. The molecule has 0 spiro atoms. The molecule has 0 aliphatic heterocycles. The topological polar surface area (TPSA) is 88.2 Å². The van der Waals surface area contributed by atoms with Gasteiger partial charge in [-0.25, -0.2) is 9.48 Å². The monoisotopic (exact) mass is 295 g/mol. The van der Waals surface area contributed by atoms with Gasteiger partial charge in [0, 0.05) is 18.0 Å². The van der Waals surface area contributed by atoms with Gasteiger partial charge in [0.25, 0.3) is 0 Å². The number of rotatable bonds is 3. The van der Waals surface area contributed by atoms with Gasteiger partial charge in [0.1, 0.15) is 11.4 Å². The second kappa shape index (κ2) is 5.33. The third-order valence-corrected chi connectivity index (χ3v) is 3.24. The van der Waals surface area contributed by atoms with Gasteiger partial charge in [-0.3, -0.25) is 4.98 Å². The molecule has 2 N–H and O–H groups in total. The van der Waals surface area contributed by atoms with Crippen molar-refractivity contribution in [1.29, 1.82) is 0 Å². The standard InChI is InChI=1S/C16H13N3O3/c1-10-4-5-13(15(20)7-10)19-14(16(21)22)8-12(18-19)11-3-2-6-17-9-11/h2-9,20H,1H3,(H,21,22). The van der Waals surface area contributed by atoms with Crippen LogP contribution in [0.4, 0.5) is 0 Å². The van der Waals surface area contributed by atoms with Crippen LogP contribution in [0, 0.1) is 6.92 Å². The third kappa shape index (κ3) is 2.42. The number of hydrogen-bond acceptors (Lipinski definition) is 4. The Balaban J connectivity index is 2.18. The normalized spacial score (nSPS) is 10.6.